The van der Waals surface area contributed by atoms with Gasteiger partial charge in [-0.05, 0) is 23.6 Å². The number of carboxylic acids is 1. The minimum absolute atomic E-state index is 0.0526. The molecular formula is C16H23N3O5. The number of nitrogens with one attached hydrogen (secondary N) is 2. The van der Waals surface area contributed by atoms with Gasteiger partial charge in [-0.25, -0.2) is 4.79 Å². The lowest BCUT2D eigenvalue weighted by Gasteiger charge is -2.24. The van der Waals surface area contributed by atoms with Crippen LogP contribution in [0.15, 0.2) is 24.3 Å². The molecule has 0 saturated carbocycles. The van der Waals surface area contributed by atoms with Crippen LogP contribution in [0.3, 0.4) is 0 Å². The Bertz CT molecular complexity index is 586. The van der Waals surface area contributed by atoms with Crippen molar-refractivity contribution in [2.45, 2.75) is 32.4 Å². The first-order chi connectivity index (χ1) is 11.2. The first-order valence-corrected chi connectivity index (χ1v) is 7.55. The Balaban J connectivity index is 2.81. The molecule has 0 bridgehead atoms. The number of phenolic OH excluding ortho intramolecular Hbond substituents is 1. The van der Waals surface area contributed by atoms with Crippen molar-refractivity contribution in [3.8, 4) is 5.75 Å². The summed E-state index contributed by atoms with van der Waals surface area (Å²) in [5.74, 6) is -2.43. The monoisotopic (exact) mass is 337 g/mol. The molecule has 8 heteroatoms. The van der Waals surface area contributed by atoms with Gasteiger partial charge >= 0.3 is 5.97 Å². The van der Waals surface area contributed by atoms with E-state index in [2.05, 4.69) is 10.6 Å². The van der Waals surface area contributed by atoms with Crippen molar-refractivity contribution in [3.63, 3.8) is 0 Å². The number of carbonyl (C=O) groups excluding carboxylic acids is 2. The number of aromatic hydroxyl groups is 1. The molecule has 8 nitrogen and oxygen atoms in total. The summed E-state index contributed by atoms with van der Waals surface area (Å²) in [4.78, 5) is 35.1. The predicted molar refractivity (Wildman–Crippen MR) is 87.2 cm³/mol. The van der Waals surface area contributed by atoms with E-state index in [9.17, 15) is 24.6 Å². The minimum Gasteiger partial charge on any atom is -0.508 e. The molecular weight excluding hydrogens is 314 g/mol. The Kier molecular flexibility index (Phi) is 7.19. The van der Waals surface area contributed by atoms with Gasteiger partial charge in [0.15, 0.2) is 0 Å². The second kappa shape index (κ2) is 8.88. The van der Waals surface area contributed by atoms with Crippen LogP contribution in [0.5, 0.6) is 5.75 Å². The summed E-state index contributed by atoms with van der Waals surface area (Å²) >= 11 is 0. The Morgan fingerprint density at radius 3 is 2.17 bits per heavy atom. The summed E-state index contributed by atoms with van der Waals surface area (Å²) in [6.07, 6.45) is 0.0526. The summed E-state index contributed by atoms with van der Waals surface area (Å²) < 4.78 is 0. The topological polar surface area (TPSA) is 142 Å². The number of aliphatic carboxylic acids is 1. The van der Waals surface area contributed by atoms with Crippen LogP contribution in [0.4, 0.5) is 0 Å². The minimum atomic E-state index is -1.19. The molecule has 2 unspecified atom stereocenters. The highest BCUT2D eigenvalue weighted by atomic mass is 16.4. The molecule has 1 rings (SSSR count). The number of benzene rings is 1. The zero-order valence-electron chi connectivity index (χ0n) is 13.7. The molecule has 24 heavy (non-hydrogen) atoms. The van der Waals surface area contributed by atoms with Crippen molar-refractivity contribution in [1.82, 2.24) is 10.6 Å². The zero-order valence-corrected chi connectivity index (χ0v) is 13.7. The summed E-state index contributed by atoms with van der Waals surface area (Å²) in [5.41, 5.74) is 5.87. The number of hydrogen-bond acceptors (Lipinski definition) is 5. The van der Waals surface area contributed by atoms with E-state index >= 15 is 0 Å². The lowest BCUT2D eigenvalue weighted by molar-refractivity contribution is -0.142. The van der Waals surface area contributed by atoms with Gasteiger partial charge in [0.1, 0.15) is 17.8 Å². The van der Waals surface area contributed by atoms with Gasteiger partial charge < -0.3 is 26.6 Å². The van der Waals surface area contributed by atoms with Crippen molar-refractivity contribution >= 4 is 17.8 Å². The number of rotatable bonds is 8. The molecule has 0 heterocycles. The third-order valence-corrected chi connectivity index (χ3v) is 3.44. The number of carboxylic acid groups (broad SMARTS) is 1. The Morgan fingerprint density at radius 2 is 1.71 bits per heavy atom. The third-order valence-electron chi connectivity index (χ3n) is 3.44. The van der Waals surface area contributed by atoms with Crippen LogP contribution in [0.1, 0.15) is 19.4 Å². The maximum absolute atomic E-state index is 12.3. The molecule has 0 fully saturated rings. The van der Waals surface area contributed by atoms with Gasteiger partial charge in [0.2, 0.25) is 11.8 Å². The highest BCUT2D eigenvalue weighted by Gasteiger charge is 2.28. The van der Waals surface area contributed by atoms with E-state index in [1.807, 2.05) is 0 Å². The average Bonchev–Trinajstić information content (AvgIpc) is 2.53. The lowest BCUT2D eigenvalue weighted by Crippen LogP contribution is -2.55. The molecule has 0 spiro atoms. The molecule has 0 saturated heterocycles. The summed E-state index contributed by atoms with van der Waals surface area (Å²) in [5, 5.41) is 23.5. The highest BCUT2D eigenvalue weighted by Crippen LogP contribution is 2.12. The SMILES string of the molecule is CC(C)C(NC(=O)CN)C(=O)NC(Cc1ccc(O)cc1)C(=O)O. The van der Waals surface area contributed by atoms with Crippen LogP contribution < -0.4 is 16.4 Å². The smallest absolute Gasteiger partial charge is 0.326 e. The second-order valence-corrected chi connectivity index (χ2v) is 5.76. The van der Waals surface area contributed by atoms with Crippen LogP contribution in [0.2, 0.25) is 0 Å². The molecule has 0 radical (unpaired) electrons. The maximum Gasteiger partial charge on any atom is 0.326 e. The standard InChI is InChI=1S/C16H23N3O5/c1-9(2)14(19-13(21)8-17)15(22)18-12(16(23)24)7-10-3-5-11(20)6-4-10/h3-6,9,12,14,20H,7-8,17H2,1-2H3,(H,18,22)(H,19,21)(H,23,24). The van der Waals surface area contributed by atoms with Gasteiger partial charge in [0.25, 0.3) is 0 Å². The molecule has 2 atom stereocenters. The van der Waals surface area contributed by atoms with Gasteiger partial charge in [-0.2, -0.15) is 0 Å². The lowest BCUT2D eigenvalue weighted by atomic mass is 10.0. The summed E-state index contributed by atoms with van der Waals surface area (Å²) in [7, 11) is 0. The molecule has 0 aromatic heterocycles. The van der Waals surface area contributed by atoms with Gasteiger partial charge in [-0.1, -0.05) is 26.0 Å². The maximum atomic E-state index is 12.3. The van der Waals surface area contributed by atoms with Crippen LogP contribution in [0.25, 0.3) is 0 Å². The average molecular weight is 337 g/mol. The van der Waals surface area contributed by atoms with Gasteiger partial charge in [-0.3, -0.25) is 9.59 Å². The van der Waals surface area contributed by atoms with Crippen LogP contribution in [-0.2, 0) is 20.8 Å². The highest BCUT2D eigenvalue weighted by molar-refractivity contribution is 5.91. The van der Waals surface area contributed by atoms with Crippen molar-refractivity contribution in [2.24, 2.45) is 11.7 Å². The Hall–Kier alpha value is -2.61. The number of phenols is 1. The van der Waals surface area contributed by atoms with Crippen molar-refractivity contribution in [3.05, 3.63) is 29.8 Å². The number of nitrogens with two attached hydrogens (primary N) is 1. The van der Waals surface area contributed by atoms with E-state index < -0.39 is 29.9 Å². The fourth-order valence-electron chi connectivity index (χ4n) is 2.10. The molecule has 0 aliphatic rings. The fraction of sp³-hybridized carbons (Fsp3) is 0.438. The summed E-state index contributed by atoms with van der Waals surface area (Å²) in [6, 6.07) is 4.00. The van der Waals surface area contributed by atoms with Crippen molar-refractivity contribution in [1.29, 1.82) is 0 Å². The third kappa shape index (κ3) is 5.88. The normalized spacial score (nSPS) is 13.2. The Labute approximate surface area is 140 Å². The van der Waals surface area contributed by atoms with Crippen molar-refractivity contribution < 1.29 is 24.6 Å². The van der Waals surface area contributed by atoms with E-state index in [-0.39, 0.29) is 24.6 Å². The second-order valence-electron chi connectivity index (χ2n) is 5.76. The molecule has 1 aromatic carbocycles. The van der Waals surface area contributed by atoms with Crippen molar-refractivity contribution in [2.75, 3.05) is 6.54 Å². The Morgan fingerprint density at radius 1 is 1.12 bits per heavy atom. The van der Waals surface area contributed by atoms with Gasteiger partial charge in [0.05, 0.1) is 6.54 Å². The number of hydrogen-bond donors (Lipinski definition) is 5. The molecule has 1 aromatic rings. The van der Waals surface area contributed by atoms with Crippen LogP contribution >= 0.6 is 0 Å². The first kappa shape index (κ1) is 19.4. The van der Waals surface area contributed by atoms with E-state index in [0.29, 0.717) is 5.56 Å². The molecule has 132 valence electrons. The zero-order chi connectivity index (χ0) is 18.3. The summed E-state index contributed by atoms with van der Waals surface area (Å²) in [6.45, 7) is 3.21. The molecule has 6 N–H and O–H groups in total. The van der Waals surface area contributed by atoms with E-state index in [4.69, 9.17) is 5.73 Å². The molecule has 2 amide bonds. The first-order valence-electron chi connectivity index (χ1n) is 7.55. The van der Waals surface area contributed by atoms with E-state index in [0.717, 1.165) is 0 Å². The molecule has 0 aliphatic heterocycles. The van der Waals surface area contributed by atoms with Crippen LogP contribution in [-0.4, -0.2) is 46.6 Å². The number of carbonyl (C=O) groups is 3. The molecule has 0 aliphatic carbocycles. The van der Waals surface area contributed by atoms with Gasteiger partial charge in [0, 0.05) is 6.42 Å². The predicted octanol–water partition coefficient (Wildman–Crippen LogP) is -0.396. The quantitative estimate of drug-likeness (QED) is 0.437. The van der Waals surface area contributed by atoms with Gasteiger partial charge in [-0.15, -0.1) is 0 Å². The van der Waals surface area contributed by atoms with E-state index in [1.165, 1.54) is 12.1 Å². The number of amides is 2. The fourth-order valence-corrected chi connectivity index (χ4v) is 2.10. The van der Waals surface area contributed by atoms with Crippen LogP contribution in [0, 0.1) is 5.92 Å². The van der Waals surface area contributed by atoms with E-state index in [1.54, 1.807) is 26.0 Å². The largest absolute Gasteiger partial charge is 0.508 e.